The Morgan fingerprint density at radius 2 is 2.00 bits per heavy atom. The van der Waals surface area contributed by atoms with Gasteiger partial charge in [-0.2, -0.15) is 9.97 Å². The number of ether oxygens (including phenoxy) is 1. The van der Waals surface area contributed by atoms with Crippen molar-refractivity contribution in [2.75, 3.05) is 23.5 Å². The fourth-order valence-electron chi connectivity index (χ4n) is 4.71. The summed E-state index contributed by atoms with van der Waals surface area (Å²) in [6.07, 6.45) is 8.59. The van der Waals surface area contributed by atoms with E-state index < -0.39 is 5.60 Å². The Balaban J connectivity index is 1.71. The number of fused-ring (bicyclic) bond motifs is 1. The molecule has 3 aromatic rings. The van der Waals surface area contributed by atoms with Crippen LogP contribution in [0.2, 0.25) is 0 Å². The number of nitrogens with zero attached hydrogens (tertiary/aromatic N) is 4. The van der Waals surface area contributed by atoms with Crippen molar-refractivity contribution in [3.05, 3.63) is 30.1 Å². The molecule has 0 aliphatic heterocycles. The SMILES string of the molecule is CCC(Nc1nc(NCc2cc(OC)ccc2N)c2ncn(C3CCCCC3)c2n1)C(C)(C)O. The number of methoxy groups -OCH3 is 1. The van der Waals surface area contributed by atoms with Crippen LogP contribution in [0.25, 0.3) is 11.2 Å². The molecule has 1 aliphatic carbocycles. The van der Waals surface area contributed by atoms with Gasteiger partial charge in [-0.3, -0.25) is 0 Å². The van der Waals surface area contributed by atoms with Crippen LogP contribution in [0.3, 0.4) is 0 Å². The molecule has 1 unspecified atom stereocenters. The van der Waals surface area contributed by atoms with E-state index in [4.69, 9.17) is 25.4 Å². The highest BCUT2D eigenvalue weighted by molar-refractivity contribution is 5.84. The van der Waals surface area contributed by atoms with Gasteiger partial charge in [0, 0.05) is 18.3 Å². The number of nitrogen functional groups attached to an aromatic ring is 1. The second kappa shape index (κ2) is 10.0. The minimum atomic E-state index is -0.917. The van der Waals surface area contributed by atoms with Gasteiger partial charge in [-0.05, 0) is 56.9 Å². The maximum Gasteiger partial charge on any atom is 0.227 e. The van der Waals surface area contributed by atoms with Crippen LogP contribution in [-0.4, -0.2) is 43.4 Å². The topological polar surface area (TPSA) is 123 Å². The number of imidazole rings is 1. The molecule has 1 atom stereocenters. The van der Waals surface area contributed by atoms with Crippen molar-refractivity contribution < 1.29 is 9.84 Å². The van der Waals surface area contributed by atoms with Gasteiger partial charge in [0.2, 0.25) is 5.95 Å². The first-order chi connectivity index (χ1) is 16.3. The first-order valence-electron chi connectivity index (χ1n) is 12.2. The summed E-state index contributed by atoms with van der Waals surface area (Å²) in [6, 6.07) is 5.79. The molecule has 34 heavy (non-hydrogen) atoms. The Hall–Kier alpha value is -3.07. The maximum absolute atomic E-state index is 10.6. The fourth-order valence-corrected chi connectivity index (χ4v) is 4.71. The van der Waals surface area contributed by atoms with Gasteiger partial charge in [0.15, 0.2) is 17.0 Å². The molecular weight excluding hydrogens is 430 g/mol. The Labute approximate surface area is 201 Å². The van der Waals surface area contributed by atoms with E-state index in [2.05, 4.69) is 15.2 Å². The van der Waals surface area contributed by atoms with Gasteiger partial charge >= 0.3 is 0 Å². The molecule has 1 saturated carbocycles. The Morgan fingerprint density at radius 1 is 1.24 bits per heavy atom. The van der Waals surface area contributed by atoms with E-state index in [1.165, 1.54) is 19.3 Å². The van der Waals surface area contributed by atoms with Crippen molar-refractivity contribution in [3.63, 3.8) is 0 Å². The molecule has 9 nitrogen and oxygen atoms in total. The molecule has 9 heteroatoms. The van der Waals surface area contributed by atoms with Crippen molar-refractivity contribution in [3.8, 4) is 5.75 Å². The molecule has 0 spiro atoms. The lowest BCUT2D eigenvalue weighted by Gasteiger charge is -2.29. The van der Waals surface area contributed by atoms with Gasteiger partial charge in [0.25, 0.3) is 0 Å². The van der Waals surface area contributed by atoms with Crippen LogP contribution in [0.1, 0.15) is 70.9 Å². The first-order valence-corrected chi connectivity index (χ1v) is 12.2. The van der Waals surface area contributed by atoms with E-state index in [1.807, 2.05) is 31.5 Å². The predicted octanol–water partition coefficient (Wildman–Crippen LogP) is 4.50. The molecule has 0 saturated heterocycles. The van der Waals surface area contributed by atoms with Crippen LogP contribution in [0, 0.1) is 0 Å². The van der Waals surface area contributed by atoms with Crippen LogP contribution in [0.5, 0.6) is 5.75 Å². The number of hydrogen-bond donors (Lipinski definition) is 4. The monoisotopic (exact) mass is 467 g/mol. The van der Waals surface area contributed by atoms with E-state index in [-0.39, 0.29) is 6.04 Å². The normalized spacial score (nSPS) is 15.9. The highest BCUT2D eigenvalue weighted by Gasteiger charge is 2.27. The van der Waals surface area contributed by atoms with Crippen LogP contribution < -0.4 is 21.1 Å². The first kappa shape index (κ1) is 24.1. The summed E-state index contributed by atoms with van der Waals surface area (Å²) >= 11 is 0. The van der Waals surface area contributed by atoms with Gasteiger partial charge in [-0.1, -0.05) is 26.2 Å². The largest absolute Gasteiger partial charge is 0.497 e. The van der Waals surface area contributed by atoms with Gasteiger partial charge in [0.1, 0.15) is 5.75 Å². The predicted molar refractivity (Wildman–Crippen MR) is 136 cm³/mol. The minimum Gasteiger partial charge on any atom is -0.497 e. The Kier molecular flexibility index (Phi) is 7.11. The van der Waals surface area contributed by atoms with Crippen molar-refractivity contribution in [1.29, 1.82) is 0 Å². The zero-order valence-corrected chi connectivity index (χ0v) is 20.6. The molecule has 2 heterocycles. The summed E-state index contributed by atoms with van der Waals surface area (Å²) in [5, 5.41) is 17.4. The van der Waals surface area contributed by atoms with Gasteiger partial charge < -0.3 is 30.8 Å². The number of aromatic nitrogens is 4. The molecular formula is C25H37N7O2. The van der Waals surface area contributed by atoms with E-state index in [0.717, 1.165) is 41.7 Å². The van der Waals surface area contributed by atoms with Crippen LogP contribution in [0.4, 0.5) is 17.5 Å². The number of anilines is 3. The summed E-state index contributed by atoms with van der Waals surface area (Å²) in [5.74, 6) is 1.86. The molecule has 0 amide bonds. The number of rotatable bonds is 9. The van der Waals surface area contributed by atoms with Gasteiger partial charge in [-0.15, -0.1) is 0 Å². The number of benzene rings is 1. The fraction of sp³-hybridized carbons (Fsp3) is 0.560. The lowest BCUT2D eigenvalue weighted by atomic mass is 9.95. The molecule has 184 valence electrons. The zero-order valence-electron chi connectivity index (χ0n) is 20.6. The van der Waals surface area contributed by atoms with E-state index in [0.29, 0.717) is 30.0 Å². The third-order valence-electron chi connectivity index (χ3n) is 6.75. The number of hydrogen-bond acceptors (Lipinski definition) is 8. The highest BCUT2D eigenvalue weighted by Crippen LogP contribution is 2.32. The maximum atomic E-state index is 10.6. The van der Waals surface area contributed by atoms with Crippen molar-refractivity contribution >= 4 is 28.6 Å². The molecule has 1 aromatic carbocycles. The summed E-state index contributed by atoms with van der Waals surface area (Å²) in [4.78, 5) is 14.3. The summed E-state index contributed by atoms with van der Waals surface area (Å²) in [7, 11) is 1.64. The molecule has 4 rings (SSSR count). The van der Waals surface area contributed by atoms with E-state index in [1.54, 1.807) is 21.0 Å². The van der Waals surface area contributed by atoms with Gasteiger partial charge in [0.05, 0.1) is 25.1 Å². The average molecular weight is 468 g/mol. The van der Waals surface area contributed by atoms with Crippen LogP contribution in [-0.2, 0) is 6.54 Å². The van der Waals surface area contributed by atoms with Gasteiger partial charge in [-0.25, -0.2) is 4.98 Å². The van der Waals surface area contributed by atoms with Crippen molar-refractivity contribution in [2.45, 2.75) is 83.5 Å². The summed E-state index contributed by atoms with van der Waals surface area (Å²) in [6.45, 7) is 6.09. The van der Waals surface area contributed by atoms with Crippen molar-refractivity contribution in [2.24, 2.45) is 0 Å². The van der Waals surface area contributed by atoms with E-state index in [9.17, 15) is 5.11 Å². The highest BCUT2D eigenvalue weighted by atomic mass is 16.5. The number of nitrogens with one attached hydrogen (secondary N) is 2. The molecule has 5 N–H and O–H groups in total. The average Bonchev–Trinajstić information content (AvgIpc) is 3.25. The van der Waals surface area contributed by atoms with Crippen LogP contribution in [0.15, 0.2) is 24.5 Å². The Bertz CT molecular complexity index is 1120. The lowest BCUT2D eigenvalue weighted by molar-refractivity contribution is 0.0577. The second-order valence-corrected chi connectivity index (χ2v) is 9.69. The third-order valence-corrected chi connectivity index (χ3v) is 6.75. The lowest BCUT2D eigenvalue weighted by Crippen LogP contribution is -2.41. The quantitative estimate of drug-likeness (QED) is 0.339. The molecule has 0 bridgehead atoms. The van der Waals surface area contributed by atoms with Crippen molar-refractivity contribution in [1.82, 2.24) is 19.5 Å². The Morgan fingerprint density at radius 3 is 2.68 bits per heavy atom. The second-order valence-electron chi connectivity index (χ2n) is 9.69. The smallest absolute Gasteiger partial charge is 0.227 e. The number of nitrogens with two attached hydrogens (primary N) is 1. The standard InChI is InChI=1S/C25H37N7O2/c1-5-20(25(2,3)33)29-24-30-22(27-14-16-13-18(34-4)11-12-19(16)26)21-23(31-24)32(15-28-21)17-9-7-6-8-10-17/h11-13,15,17,20,33H,5-10,14,26H2,1-4H3,(H2,27,29,30,31). The molecule has 0 radical (unpaired) electrons. The molecule has 2 aromatic heterocycles. The number of aliphatic hydroxyl groups is 1. The van der Waals surface area contributed by atoms with Crippen LogP contribution >= 0.6 is 0 Å². The molecule has 1 aliphatic rings. The summed E-state index contributed by atoms with van der Waals surface area (Å²) < 4.78 is 7.54. The van der Waals surface area contributed by atoms with E-state index >= 15 is 0 Å². The third kappa shape index (κ3) is 5.19. The minimum absolute atomic E-state index is 0.196. The zero-order chi connectivity index (χ0) is 24.3. The summed E-state index contributed by atoms with van der Waals surface area (Å²) in [5.41, 5.74) is 8.40. The molecule has 1 fully saturated rings.